The lowest BCUT2D eigenvalue weighted by Crippen LogP contribution is -2.29. The van der Waals surface area contributed by atoms with Crippen LogP contribution in [0.25, 0.3) is 5.82 Å². The Morgan fingerprint density at radius 3 is 2.81 bits per heavy atom. The highest BCUT2D eigenvalue weighted by Crippen LogP contribution is 2.28. The number of fused-ring (bicyclic) bond motifs is 1. The molecule has 1 aromatic carbocycles. The molecule has 7 heteroatoms. The molecule has 3 heterocycles. The monoisotopic (exact) mass is 349 g/mol. The number of nitrogens with one attached hydrogen (secondary N) is 1. The number of amides is 1. The molecule has 3 aromatic rings. The summed E-state index contributed by atoms with van der Waals surface area (Å²) in [5.41, 5.74) is 3.64. The summed E-state index contributed by atoms with van der Waals surface area (Å²) >= 11 is 0. The van der Waals surface area contributed by atoms with E-state index in [2.05, 4.69) is 20.6 Å². The Morgan fingerprint density at radius 1 is 1.15 bits per heavy atom. The van der Waals surface area contributed by atoms with E-state index in [1.165, 1.54) is 0 Å². The van der Waals surface area contributed by atoms with Crippen molar-refractivity contribution in [1.29, 1.82) is 0 Å². The molecule has 1 aliphatic rings. The first-order valence-electron chi connectivity index (χ1n) is 8.49. The predicted molar refractivity (Wildman–Crippen MR) is 96.1 cm³/mol. The maximum Gasteiger partial charge on any atom is 0.259 e. The lowest BCUT2D eigenvalue weighted by Gasteiger charge is -2.25. The second kappa shape index (κ2) is 6.68. The van der Waals surface area contributed by atoms with Crippen LogP contribution in [0, 0.1) is 13.8 Å². The number of rotatable bonds is 3. The molecule has 0 bridgehead atoms. The van der Waals surface area contributed by atoms with Gasteiger partial charge in [0.2, 0.25) is 0 Å². The van der Waals surface area contributed by atoms with E-state index in [4.69, 9.17) is 4.74 Å². The van der Waals surface area contributed by atoms with Gasteiger partial charge in [-0.05, 0) is 43.5 Å². The van der Waals surface area contributed by atoms with Gasteiger partial charge in [0, 0.05) is 6.07 Å². The molecule has 7 nitrogen and oxygen atoms in total. The fourth-order valence-electron chi connectivity index (χ4n) is 3.07. The summed E-state index contributed by atoms with van der Waals surface area (Å²) in [6.45, 7) is 4.25. The molecule has 26 heavy (non-hydrogen) atoms. The molecule has 0 unspecified atom stereocenters. The van der Waals surface area contributed by atoms with Gasteiger partial charge in [0.05, 0.1) is 18.0 Å². The van der Waals surface area contributed by atoms with E-state index >= 15 is 0 Å². The molecule has 4 rings (SSSR count). The number of ether oxygens (including phenoxy) is 1. The predicted octanol–water partition coefficient (Wildman–Crippen LogP) is 2.53. The second-order valence-electron chi connectivity index (χ2n) is 6.30. The quantitative estimate of drug-likeness (QED) is 0.786. The van der Waals surface area contributed by atoms with Gasteiger partial charge in [-0.25, -0.2) is 0 Å². The van der Waals surface area contributed by atoms with Crippen molar-refractivity contribution in [2.45, 2.75) is 26.4 Å². The Morgan fingerprint density at radius 2 is 2.00 bits per heavy atom. The number of benzene rings is 1. The molecule has 0 saturated carbocycles. The van der Waals surface area contributed by atoms with E-state index in [0.717, 1.165) is 28.9 Å². The summed E-state index contributed by atoms with van der Waals surface area (Å²) in [6.07, 6.45) is 0.184. The van der Waals surface area contributed by atoms with Gasteiger partial charge in [-0.2, -0.15) is 14.9 Å². The van der Waals surface area contributed by atoms with Crippen LogP contribution in [0.3, 0.4) is 0 Å². The largest absolute Gasteiger partial charge is 0.363 e. The minimum absolute atomic E-state index is 0.224. The molecular formula is C19H19N5O2. The number of aromatic nitrogens is 4. The number of aryl methyl sites for hydroxylation is 2. The molecule has 2 aromatic heterocycles. The number of nitrogens with zero attached hydrogens (tertiary/aromatic N) is 4. The molecule has 1 atom stereocenters. The van der Waals surface area contributed by atoms with Crippen molar-refractivity contribution in [2.75, 3.05) is 11.9 Å². The standard InChI is InChI=1S/C19H19N5O2/c1-12-7-8-16(22-21-12)24-17(11-13(2)23-24)20-19(25)18-15-6-4-3-5-14(15)9-10-26-18/h3-8,11,18H,9-10H2,1-2H3,(H,20,25)/t18-/m1/s1. The van der Waals surface area contributed by atoms with Gasteiger partial charge in [-0.1, -0.05) is 24.3 Å². The van der Waals surface area contributed by atoms with Gasteiger partial charge in [-0.15, -0.1) is 5.10 Å². The van der Waals surface area contributed by atoms with Gasteiger partial charge >= 0.3 is 0 Å². The maximum atomic E-state index is 12.9. The molecule has 0 aliphatic carbocycles. The fourth-order valence-corrected chi connectivity index (χ4v) is 3.07. The Bertz CT molecular complexity index is 949. The average molecular weight is 349 g/mol. The van der Waals surface area contributed by atoms with Crippen molar-refractivity contribution in [3.63, 3.8) is 0 Å². The minimum atomic E-state index is -0.632. The highest BCUT2D eigenvalue weighted by atomic mass is 16.5. The Hall–Kier alpha value is -3.06. The van der Waals surface area contributed by atoms with Gasteiger partial charge in [0.15, 0.2) is 11.9 Å². The van der Waals surface area contributed by atoms with Gasteiger partial charge in [0.1, 0.15) is 5.82 Å². The van der Waals surface area contributed by atoms with Crippen LogP contribution in [-0.2, 0) is 16.0 Å². The summed E-state index contributed by atoms with van der Waals surface area (Å²) in [4.78, 5) is 12.9. The molecule has 132 valence electrons. The van der Waals surface area contributed by atoms with Crippen LogP contribution in [0.15, 0.2) is 42.5 Å². The van der Waals surface area contributed by atoms with E-state index in [1.54, 1.807) is 10.7 Å². The van der Waals surface area contributed by atoms with Crippen LogP contribution < -0.4 is 5.32 Å². The summed E-state index contributed by atoms with van der Waals surface area (Å²) in [6, 6.07) is 13.3. The van der Waals surface area contributed by atoms with Crippen LogP contribution in [0.5, 0.6) is 0 Å². The number of hydrogen-bond acceptors (Lipinski definition) is 5. The van der Waals surface area contributed by atoms with E-state index in [-0.39, 0.29) is 5.91 Å². The molecule has 1 aliphatic heterocycles. The summed E-state index contributed by atoms with van der Waals surface area (Å²) in [7, 11) is 0. The van der Waals surface area contributed by atoms with Crippen LogP contribution in [-0.4, -0.2) is 32.5 Å². The second-order valence-corrected chi connectivity index (χ2v) is 6.30. The van der Waals surface area contributed by atoms with Crippen LogP contribution in [0.2, 0.25) is 0 Å². The maximum absolute atomic E-state index is 12.9. The van der Waals surface area contributed by atoms with Crippen molar-refractivity contribution < 1.29 is 9.53 Å². The van der Waals surface area contributed by atoms with E-state index in [0.29, 0.717) is 18.2 Å². The first-order valence-corrected chi connectivity index (χ1v) is 8.49. The van der Waals surface area contributed by atoms with Crippen molar-refractivity contribution in [1.82, 2.24) is 20.0 Å². The van der Waals surface area contributed by atoms with Crippen LogP contribution in [0.1, 0.15) is 28.6 Å². The number of hydrogen-bond donors (Lipinski definition) is 1. The number of carbonyl (C=O) groups excluding carboxylic acids is 1. The van der Waals surface area contributed by atoms with Crippen molar-refractivity contribution >= 4 is 11.7 Å². The third kappa shape index (κ3) is 3.09. The number of anilines is 1. The fraction of sp³-hybridized carbons (Fsp3) is 0.263. The normalized spacial score (nSPS) is 16.2. The Balaban J connectivity index is 1.62. The topological polar surface area (TPSA) is 81.9 Å². The zero-order chi connectivity index (χ0) is 18.1. The highest BCUT2D eigenvalue weighted by molar-refractivity contribution is 5.94. The lowest BCUT2D eigenvalue weighted by atomic mass is 9.97. The summed E-state index contributed by atoms with van der Waals surface area (Å²) < 4.78 is 7.31. The van der Waals surface area contributed by atoms with Gasteiger partial charge < -0.3 is 10.1 Å². The van der Waals surface area contributed by atoms with Crippen molar-refractivity contribution in [3.8, 4) is 5.82 Å². The zero-order valence-corrected chi connectivity index (χ0v) is 14.6. The molecule has 1 N–H and O–H groups in total. The lowest BCUT2D eigenvalue weighted by molar-refractivity contribution is -0.128. The molecular weight excluding hydrogens is 330 g/mol. The van der Waals surface area contributed by atoms with Gasteiger partial charge in [0.25, 0.3) is 5.91 Å². The highest BCUT2D eigenvalue weighted by Gasteiger charge is 2.28. The minimum Gasteiger partial charge on any atom is -0.363 e. The van der Waals surface area contributed by atoms with E-state index in [1.807, 2.05) is 50.2 Å². The average Bonchev–Trinajstić information content (AvgIpc) is 3.02. The summed E-state index contributed by atoms with van der Waals surface area (Å²) in [5, 5.41) is 15.5. The molecule has 0 fully saturated rings. The van der Waals surface area contributed by atoms with Crippen LogP contribution in [0.4, 0.5) is 5.82 Å². The Labute approximate surface area is 151 Å². The van der Waals surface area contributed by atoms with Crippen molar-refractivity contribution in [2.24, 2.45) is 0 Å². The summed E-state index contributed by atoms with van der Waals surface area (Å²) in [5.74, 6) is 0.861. The van der Waals surface area contributed by atoms with Gasteiger partial charge in [-0.3, -0.25) is 4.79 Å². The van der Waals surface area contributed by atoms with E-state index in [9.17, 15) is 4.79 Å². The third-order valence-corrected chi connectivity index (χ3v) is 4.32. The number of carbonyl (C=O) groups is 1. The van der Waals surface area contributed by atoms with Crippen LogP contribution >= 0.6 is 0 Å². The van der Waals surface area contributed by atoms with Crippen molar-refractivity contribution in [3.05, 3.63) is 65.0 Å². The molecule has 1 amide bonds. The first kappa shape index (κ1) is 16.4. The molecule has 0 spiro atoms. The SMILES string of the molecule is Cc1ccc(-n2nc(C)cc2NC(=O)[C@@H]2OCCc3ccccc32)nn1. The molecule has 0 radical (unpaired) electrons. The first-order chi connectivity index (χ1) is 12.6. The zero-order valence-electron chi connectivity index (χ0n) is 14.6. The molecule has 0 saturated heterocycles. The Kier molecular flexibility index (Phi) is 4.22. The smallest absolute Gasteiger partial charge is 0.259 e. The third-order valence-electron chi connectivity index (χ3n) is 4.32. The van der Waals surface area contributed by atoms with E-state index < -0.39 is 6.10 Å².